The second-order valence-electron chi connectivity index (χ2n) is 6.72. The highest BCUT2D eigenvalue weighted by Gasteiger charge is 2.04. The van der Waals surface area contributed by atoms with Crippen molar-refractivity contribution in [1.29, 1.82) is 0 Å². The molecule has 0 saturated carbocycles. The topological polar surface area (TPSA) is 40.5 Å². The molecule has 0 rings (SSSR count). The van der Waals surface area contributed by atoms with Gasteiger partial charge in [0, 0.05) is 19.1 Å². The number of rotatable bonds is 9. The lowest BCUT2D eigenvalue weighted by Crippen LogP contribution is -2.05. The summed E-state index contributed by atoms with van der Waals surface area (Å²) in [6.45, 7) is 16.9. The molecule has 0 aromatic carbocycles. The highest BCUT2D eigenvalue weighted by molar-refractivity contribution is 5.02. The third-order valence-electron chi connectivity index (χ3n) is 3.56. The van der Waals surface area contributed by atoms with Gasteiger partial charge in [-0.2, -0.15) is 0 Å². The summed E-state index contributed by atoms with van der Waals surface area (Å²) in [7, 11) is 0. The molecule has 0 aromatic heterocycles. The van der Waals surface area contributed by atoms with Gasteiger partial charge in [0.25, 0.3) is 0 Å². The smallest absolute Gasteiger partial charge is 0.0499 e. The second-order valence-corrected chi connectivity index (χ2v) is 6.72. The molecule has 0 radical (unpaired) electrons. The predicted octanol–water partition coefficient (Wildman–Crippen LogP) is 5.28. The fourth-order valence-electron chi connectivity index (χ4n) is 1.83. The number of aliphatic hydroxyl groups excluding tert-OH is 2. The number of aliphatic hydroxyl groups is 2. The van der Waals surface area contributed by atoms with Crippen molar-refractivity contribution in [2.75, 3.05) is 13.2 Å². The van der Waals surface area contributed by atoms with Crippen LogP contribution in [-0.2, 0) is 0 Å². The molecule has 130 valence electrons. The van der Waals surface area contributed by atoms with Crippen molar-refractivity contribution >= 4 is 0 Å². The van der Waals surface area contributed by atoms with Crippen molar-refractivity contribution in [3.63, 3.8) is 0 Å². The lowest BCUT2D eigenvalue weighted by molar-refractivity contribution is 0.247. The molecule has 0 bridgehead atoms. The van der Waals surface area contributed by atoms with Crippen LogP contribution >= 0.6 is 0 Å². The van der Waals surface area contributed by atoms with Gasteiger partial charge in [0.1, 0.15) is 0 Å². The Morgan fingerprint density at radius 3 is 1.86 bits per heavy atom. The lowest BCUT2D eigenvalue weighted by Gasteiger charge is -2.10. The van der Waals surface area contributed by atoms with Gasteiger partial charge in [0.05, 0.1) is 0 Å². The summed E-state index contributed by atoms with van der Waals surface area (Å²) in [5.41, 5.74) is 3.75. The first-order valence-corrected chi connectivity index (χ1v) is 8.38. The van der Waals surface area contributed by atoms with Crippen LogP contribution in [0.5, 0.6) is 0 Å². The minimum Gasteiger partial charge on any atom is -0.396 e. The van der Waals surface area contributed by atoms with Crippen molar-refractivity contribution in [2.45, 2.75) is 67.2 Å². The van der Waals surface area contributed by atoms with E-state index in [0.717, 1.165) is 24.8 Å². The van der Waals surface area contributed by atoms with Crippen LogP contribution in [0.25, 0.3) is 0 Å². The van der Waals surface area contributed by atoms with Crippen LogP contribution in [0.3, 0.4) is 0 Å². The third kappa shape index (κ3) is 17.2. The lowest BCUT2D eigenvalue weighted by atomic mass is 9.98. The molecule has 0 spiro atoms. The first-order chi connectivity index (χ1) is 10.2. The summed E-state index contributed by atoms with van der Waals surface area (Å²) in [5.74, 6) is 0.903. The quantitative estimate of drug-likeness (QED) is 0.569. The molecule has 2 nitrogen and oxygen atoms in total. The molecule has 0 aliphatic rings. The largest absolute Gasteiger partial charge is 0.396 e. The normalized spacial score (nSPS) is 12.5. The van der Waals surface area contributed by atoms with E-state index in [9.17, 15) is 0 Å². The molecule has 22 heavy (non-hydrogen) atoms. The zero-order chi connectivity index (χ0) is 17.5. The number of hydrogen-bond acceptors (Lipinski definition) is 2. The predicted molar refractivity (Wildman–Crippen MR) is 99.0 cm³/mol. The Kier molecular flexibility index (Phi) is 16.0. The minimum atomic E-state index is 0.207. The first kappa shape index (κ1) is 23.4. The van der Waals surface area contributed by atoms with Gasteiger partial charge in [-0.05, 0) is 66.2 Å². The van der Waals surface area contributed by atoms with E-state index in [1.807, 2.05) is 6.92 Å². The fourth-order valence-corrected chi connectivity index (χ4v) is 1.83. The summed E-state index contributed by atoms with van der Waals surface area (Å²) in [6.07, 6.45) is 8.60. The van der Waals surface area contributed by atoms with Crippen LogP contribution < -0.4 is 0 Å². The summed E-state index contributed by atoms with van der Waals surface area (Å²) < 4.78 is 0. The van der Waals surface area contributed by atoms with E-state index in [0.29, 0.717) is 12.5 Å². The Hall–Kier alpha value is -0.860. The fraction of sp³-hybridized carbons (Fsp3) is 0.700. The summed E-state index contributed by atoms with van der Waals surface area (Å²) in [5, 5.41) is 17.5. The minimum absolute atomic E-state index is 0.207. The molecule has 0 aliphatic heterocycles. The molecule has 0 fully saturated rings. The summed E-state index contributed by atoms with van der Waals surface area (Å²) in [4.78, 5) is 0. The molecule has 2 atom stereocenters. The molecular formula is C20H38O2. The molecule has 2 N–H and O–H groups in total. The maximum absolute atomic E-state index is 8.92. The summed E-state index contributed by atoms with van der Waals surface area (Å²) >= 11 is 0. The van der Waals surface area contributed by atoms with E-state index in [1.165, 1.54) is 17.6 Å². The molecule has 0 amide bonds. The molecule has 0 aromatic rings. The Balaban J connectivity index is 0. The third-order valence-corrected chi connectivity index (χ3v) is 3.56. The Labute approximate surface area is 138 Å². The van der Waals surface area contributed by atoms with Gasteiger partial charge in [-0.15, -0.1) is 0 Å². The van der Waals surface area contributed by atoms with Crippen molar-refractivity contribution < 1.29 is 10.2 Å². The van der Waals surface area contributed by atoms with Gasteiger partial charge < -0.3 is 10.2 Å². The van der Waals surface area contributed by atoms with Crippen molar-refractivity contribution in [1.82, 2.24) is 0 Å². The zero-order valence-electron chi connectivity index (χ0n) is 15.7. The maximum atomic E-state index is 8.92. The van der Waals surface area contributed by atoms with Gasteiger partial charge in [-0.25, -0.2) is 0 Å². The van der Waals surface area contributed by atoms with Gasteiger partial charge in [-0.1, -0.05) is 42.4 Å². The van der Waals surface area contributed by atoms with Gasteiger partial charge in [-0.3, -0.25) is 0 Å². The Morgan fingerprint density at radius 1 is 0.955 bits per heavy atom. The molecule has 0 aliphatic carbocycles. The van der Waals surface area contributed by atoms with Crippen LogP contribution in [0.2, 0.25) is 0 Å². The van der Waals surface area contributed by atoms with Crippen LogP contribution in [0, 0.1) is 11.8 Å². The molecular weight excluding hydrogens is 272 g/mol. The van der Waals surface area contributed by atoms with Crippen molar-refractivity contribution in [2.24, 2.45) is 11.8 Å². The van der Waals surface area contributed by atoms with Gasteiger partial charge in [0.15, 0.2) is 0 Å². The van der Waals surface area contributed by atoms with Crippen molar-refractivity contribution in [3.8, 4) is 0 Å². The maximum Gasteiger partial charge on any atom is 0.0499 e. The Bertz CT molecular complexity index is 332. The average molecular weight is 311 g/mol. The SMILES string of the molecule is C=C(C)C(CO)CC=C(C)C.CC(C)=CCCC(C)CCO. The van der Waals surface area contributed by atoms with Crippen LogP contribution in [-0.4, -0.2) is 23.4 Å². The van der Waals surface area contributed by atoms with E-state index >= 15 is 0 Å². The van der Waals surface area contributed by atoms with E-state index < -0.39 is 0 Å². The Morgan fingerprint density at radius 2 is 1.50 bits per heavy atom. The van der Waals surface area contributed by atoms with Crippen LogP contribution in [0.4, 0.5) is 0 Å². The van der Waals surface area contributed by atoms with Gasteiger partial charge >= 0.3 is 0 Å². The average Bonchev–Trinajstić information content (AvgIpc) is 2.39. The number of hydrogen-bond donors (Lipinski definition) is 2. The molecule has 0 saturated heterocycles. The second kappa shape index (κ2) is 15.1. The summed E-state index contributed by atoms with van der Waals surface area (Å²) in [6, 6.07) is 0. The van der Waals surface area contributed by atoms with Crippen LogP contribution in [0.1, 0.15) is 67.2 Å². The monoisotopic (exact) mass is 310 g/mol. The van der Waals surface area contributed by atoms with E-state index in [4.69, 9.17) is 10.2 Å². The highest BCUT2D eigenvalue weighted by atomic mass is 16.3. The van der Waals surface area contributed by atoms with Crippen LogP contribution in [0.15, 0.2) is 35.5 Å². The highest BCUT2D eigenvalue weighted by Crippen LogP contribution is 2.13. The van der Waals surface area contributed by atoms with E-state index in [2.05, 4.69) is 53.3 Å². The first-order valence-electron chi connectivity index (χ1n) is 8.38. The zero-order valence-corrected chi connectivity index (χ0v) is 15.7. The van der Waals surface area contributed by atoms with Gasteiger partial charge in [0.2, 0.25) is 0 Å². The molecule has 0 heterocycles. The van der Waals surface area contributed by atoms with Crippen molar-refractivity contribution in [3.05, 3.63) is 35.5 Å². The standard InChI is InChI=1S/C10H18O.C10H20O/c1-8(2)5-6-10(7-11)9(3)4;1-9(2)5-4-6-10(3)7-8-11/h5,10-11H,3,6-7H2,1-2,4H3;5,10-11H,4,6-8H2,1-3H3. The van der Waals surface area contributed by atoms with E-state index in [1.54, 1.807) is 0 Å². The van der Waals surface area contributed by atoms with E-state index in [-0.39, 0.29) is 12.5 Å². The molecule has 2 heteroatoms. The number of allylic oxidation sites excluding steroid dienone is 4. The molecule has 2 unspecified atom stereocenters.